The molecule has 1 amide bonds. The van der Waals surface area contributed by atoms with Gasteiger partial charge in [0.15, 0.2) is 5.69 Å². The molecule has 0 atom stereocenters. The molecule has 5 nitrogen and oxygen atoms in total. The van der Waals surface area contributed by atoms with Crippen molar-refractivity contribution < 1.29 is 9.90 Å². The third-order valence-corrected chi connectivity index (χ3v) is 4.27. The van der Waals surface area contributed by atoms with Gasteiger partial charge in [0, 0.05) is 16.9 Å². The topological polar surface area (TPSA) is 66.9 Å². The molecule has 0 saturated heterocycles. The van der Waals surface area contributed by atoms with E-state index in [1.807, 2.05) is 18.2 Å². The summed E-state index contributed by atoms with van der Waals surface area (Å²) >= 11 is 9.35. The molecule has 7 heteroatoms. The van der Waals surface area contributed by atoms with Gasteiger partial charge in [0.05, 0.1) is 16.1 Å². The Bertz CT molecular complexity index is 950. The average Bonchev–Trinajstić information content (AvgIpc) is 2.76. The van der Waals surface area contributed by atoms with Gasteiger partial charge in [-0.3, -0.25) is 4.79 Å². The van der Waals surface area contributed by atoms with Crippen LogP contribution in [0.3, 0.4) is 0 Å². The molecular weight excluding hydrogens is 382 g/mol. The van der Waals surface area contributed by atoms with Crippen LogP contribution in [-0.2, 0) is 7.05 Å². The lowest BCUT2D eigenvalue weighted by Gasteiger charge is -1.97. The van der Waals surface area contributed by atoms with E-state index in [0.29, 0.717) is 10.4 Å². The van der Waals surface area contributed by atoms with Crippen molar-refractivity contribution in [1.29, 1.82) is 0 Å². The standard InChI is InChI=1S/C16H11BrClN3O2/c1-21-13-7-6-9(17)8-11(13)14(16(21)23)19-20-15(22)10-4-2-3-5-12(10)18/h2-8,23H,1H3. The fourth-order valence-electron chi connectivity index (χ4n) is 2.27. The Morgan fingerprint density at radius 3 is 2.74 bits per heavy atom. The molecule has 23 heavy (non-hydrogen) atoms. The Kier molecular flexibility index (Phi) is 4.19. The second-order valence-corrected chi connectivity index (χ2v) is 6.20. The van der Waals surface area contributed by atoms with Crippen LogP contribution >= 0.6 is 27.5 Å². The molecule has 1 aromatic heterocycles. The number of halogens is 2. The molecule has 0 fully saturated rings. The second kappa shape index (κ2) is 6.14. The summed E-state index contributed by atoms with van der Waals surface area (Å²) in [6.45, 7) is 0. The quantitative estimate of drug-likeness (QED) is 0.607. The summed E-state index contributed by atoms with van der Waals surface area (Å²) in [4.78, 5) is 12.1. The van der Waals surface area contributed by atoms with E-state index in [4.69, 9.17) is 11.6 Å². The highest BCUT2D eigenvalue weighted by Gasteiger charge is 2.15. The van der Waals surface area contributed by atoms with Gasteiger partial charge in [0.1, 0.15) is 0 Å². The van der Waals surface area contributed by atoms with Crippen molar-refractivity contribution in [2.24, 2.45) is 17.3 Å². The predicted molar refractivity (Wildman–Crippen MR) is 92.6 cm³/mol. The molecule has 0 spiro atoms. The summed E-state index contributed by atoms with van der Waals surface area (Å²) in [6.07, 6.45) is 0. The van der Waals surface area contributed by atoms with Crippen LogP contribution in [0, 0.1) is 0 Å². The summed E-state index contributed by atoms with van der Waals surface area (Å²) < 4.78 is 2.42. The normalized spacial score (nSPS) is 11.4. The lowest BCUT2D eigenvalue weighted by Crippen LogP contribution is -1.94. The molecule has 3 rings (SSSR count). The first-order chi connectivity index (χ1) is 11.0. The summed E-state index contributed by atoms with van der Waals surface area (Å²) in [6, 6.07) is 12.1. The Hall–Kier alpha value is -2.18. The minimum absolute atomic E-state index is 0.0613. The first kappa shape index (κ1) is 15.7. The first-order valence-corrected chi connectivity index (χ1v) is 7.83. The molecule has 116 valence electrons. The van der Waals surface area contributed by atoms with E-state index in [-0.39, 0.29) is 17.1 Å². The van der Waals surface area contributed by atoms with Crippen LogP contribution in [0.4, 0.5) is 5.69 Å². The molecule has 0 aliphatic heterocycles. The number of aromatic nitrogens is 1. The number of carbonyl (C=O) groups is 1. The van der Waals surface area contributed by atoms with E-state index in [1.54, 1.807) is 35.9 Å². The van der Waals surface area contributed by atoms with Crippen LogP contribution in [-0.4, -0.2) is 15.6 Å². The number of nitrogens with zero attached hydrogens (tertiary/aromatic N) is 3. The molecule has 1 N–H and O–H groups in total. The van der Waals surface area contributed by atoms with Crippen LogP contribution in [0.2, 0.25) is 5.02 Å². The van der Waals surface area contributed by atoms with Gasteiger partial charge in [-0.1, -0.05) is 39.7 Å². The van der Waals surface area contributed by atoms with Gasteiger partial charge in [-0.2, -0.15) is 0 Å². The van der Waals surface area contributed by atoms with Crippen LogP contribution in [0.15, 0.2) is 57.2 Å². The highest BCUT2D eigenvalue weighted by Crippen LogP contribution is 2.39. The highest BCUT2D eigenvalue weighted by atomic mass is 79.9. The van der Waals surface area contributed by atoms with E-state index < -0.39 is 5.91 Å². The fourth-order valence-corrected chi connectivity index (χ4v) is 2.84. The Morgan fingerprint density at radius 1 is 1.26 bits per heavy atom. The smallest absolute Gasteiger partial charge is 0.296 e. The zero-order chi connectivity index (χ0) is 16.6. The van der Waals surface area contributed by atoms with Crippen LogP contribution in [0.25, 0.3) is 10.9 Å². The molecule has 0 saturated carbocycles. The van der Waals surface area contributed by atoms with E-state index in [9.17, 15) is 9.90 Å². The number of hydrogen-bond donors (Lipinski definition) is 1. The highest BCUT2D eigenvalue weighted by molar-refractivity contribution is 9.10. The van der Waals surface area contributed by atoms with Crippen molar-refractivity contribution in [2.45, 2.75) is 0 Å². The van der Waals surface area contributed by atoms with Gasteiger partial charge in [-0.25, -0.2) is 0 Å². The number of fused-ring (bicyclic) bond motifs is 1. The molecule has 0 bridgehead atoms. The number of aryl methyl sites for hydroxylation is 1. The monoisotopic (exact) mass is 391 g/mol. The van der Waals surface area contributed by atoms with Crippen LogP contribution < -0.4 is 0 Å². The lowest BCUT2D eigenvalue weighted by atomic mass is 10.2. The Labute approximate surface area is 145 Å². The molecule has 1 heterocycles. The van der Waals surface area contributed by atoms with Gasteiger partial charge < -0.3 is 9.67 Å². The maximum atomic E-state index is 12.1. The molecule has 0 aliphatic rings. The summed E-state index contributed by atoms with van der Waals surface area (Å²) in [5.41, 5.74) is 1.29. The number of carbonyl (C=O) groups excluding carboxylic acids is 1. The van der Waals surface area contributed by atoms with Gasteiger partial charge in [0.2, 0.25) is 5.88 Å². The van der Waals surface area contributed by atoms with Gasteiger partial charge in [0.25, 0.3) is 5.91 Å². The van der Waals surface area contributed by atoms with Crippen LogP contribution in [0.1, 0.15) is 10.4 Å². The minimum Gasteiger partial charge on any atom is -0.493 e. The van der Waals surface area contributed by atoms with Crippen molar-refractivity contribution in [2.75, 3.05) is 0 Å². The SMILES string of the molecule is Cn1c(O)c(N=NC(=O)c2ccccc2Cl)c2cc(Br)ccc21. The molecule has 0 radical (unpaired) electrons. The van der Waals surface area contributed by atoms with E-state index in [1.165, 1.54) is 0 Å². The van der Waals surface area contributed by atoms with Crippen LogP contribution in [0.5, 0.6) is 5.88 Å². The predicted octanol–water partition coefficient (Wildman–Crippen LogP) is 5.22. The second-order valence-electron chi connectivity index (χ2n) is 4.88. The zero-order valence-corrected chi connectivity index (χ0v) is 14.3. The van der Waals surface area contributed by atoms with Crippen molar-refractivity contribution in [3.8, 4) is 5.88 Å². The number of azo groups is 1. The molecule has 2 aromatic carbocycles. The third-order valence-electron chi connectivity index (χ3n) is 3.45. The summed E-state index contributed by atoms with van der Waals surface area (Å²) in [7, 11) is 1.71. The van der Waals surface area contributed by atoms with E-state index in [0.717, 1.165) is 9.99 Å². The number of amides is 1. The zero-order valence-electron chi connectivity index (χ0n) is 12.0. The van der Waals surface area contributed by atoms with Crippen molar-refractivity contribution in [1.82, 2.24) is 4.57 Å². The molecule has 3 aromatic rings. The summed E-state index contributed by atoms with van der Waals surface area (Å²) in [5, 5.41) is 18.8. The third kappa shape index (κ3) is 2.87. The van der Waals surface area contributed by atoms with Gasteiger partial charge in [-0.15, -0.1) is 10.2 Å². The van der Waals surface area contributed by atoms with Crippen molar-refractivity contribution >= 4 is 50.0 Å². The van der Waals surface area contributed by atoms with E-state index >= 15 is 0 Å². The Balaban J connectivity index is 2.05. The molecular formula is C16H11BrClN3O2. The number of hydrogen-bond acceptors (Lipinski definition) is 3. The van der Waals surface area contributed by atoms with Gasteiger partial charge in [-0.05, 0) is 30.3 Å². The summed E-state index contributed by atoms with van der Waals surface area (Å²) in [5.74, 6) is -0.629. The minimum atomic E-state index is -0.568. The van der Waals surface area contributed by atoms with Crippen molar-refractivity contribution in [3.63, 3.8) is 0 Å². The number of aromatic hydroxyl groups is 1. The first-order valence-electron chi connectivity index (χ1n) is 6.66. The molecule has 0 unspecified atom stereocenters. The molecule has 0 aliphatic carbocycles. The fraction of sp³-hybridized carbons (Fsp3) is 0.0625. The van der Waals surface area contributed by atoms with Gasteiger partial charge >= 0.3 is 0 Å². The largest absolute Gasteiger partial charge is 0.493 e. The maximum Gasteiger partial charge on any atom is 0.296 e. The number of rotatable bonds is 2. The van der Waals surface area contributed by atoms with Crippen molar-refractivity contribution in [3.05, 3.63) is 57.5 Å². The number of benzene rings is 2. The van der Waals surface area contributed by atoms with E-state index in [2.05, 4.69) is 26.2 Å². The Morgan fingerprint density at radius 2 is 2.00 bits per heavy atom. The average molecular weight is 393 g/mol. The lowest BCUT2D eigenvalue weighted by molar-refractivity contribution is 0.0995. The maximum absolute atomic E-state index is 12.1.